The molecule has 3 aromatic rings. The molecule has 0 heterocycles. The minimum absolute atomic E-state index is 0.0701. The fraction of sp³-hybridized carbons (Fsp3) is 0.0476. The minimum atomic E-state index is -0.755. The molecule has 0 bridgehead atoms. The molecule has 0 spiro atoms. The molecule has 0 amide bonds. The highest BCUT2D eigenvalue weighted by Crippen LogP contribution is 2.28. The normalized spacial score (nSPS) is 10.6. The molecule has 28 heavy (non-hydrogen) atoms. The predicted octanol–water partition coefficient (Wildman–Crippen LogP) is 6.28. The number of benzene rings is 3. The SMILES string of the molecule is Cc1ccc(C(=O)Cl)cc1C(=O)c1ccc(Nc2ccc(F)cc2F)cc1Cl. The van der Waals surface area contributed by atoms with E-state index in [9.17, 15) is 18.4 Å². The van der Waals surface area contributed by atoms with Gasteiger partial charge in [-0.25, -0.2) is 8.78 Å². The number of rotatable bonds is 5. The van der Waals surface area contributed by atoms with Gasteiger partial charge in [0.15, 0.2) is 5.78 Å². The minimum Gasteiger partial charge on any atom is -0.353 e. The highest BCUT2D eigenvalue weighted by molar-refractivity contribution is 6.67. The fourth-order valence-corrected chi connectivity index (χ4v) is 3.04. The number of halogens is 4. The van der Waals surface area contributed by atoms with Crippen molar-refractivity contribution in [3.8, 4) is 0 Å². The smallest absolute Gasteiger partial charge is 0.252 e. The van der Waals surface area contributed by atoms with Crippen molar-refractivity contribution >= 4 is 45.6 Å². The van der Waals surface area contributed by atoms with E-state index < -0.39 is 16.9 Å². The number of carbonyl (C=O) groups excluding carboxylic acids is 2. The van der Waals surface area contributed by atoms with E-state index in [4.69, 9.17) is 23.2 Å². The van der Waals surface area contributed by atoms with Crippen molar-refractivity contribution in [3.63, 3.8) is 0 Å². The third-order valence-electron chi connectivity index (χ3n) is 4.13. The molecule has 3 aromatic carbocycles. The summed E-state index contributed by atoms with van der Waals surface area (Å²) in [4.78, 5) is 24.2. The zero-order valence-electron chi connectivity index (χ0n) is 14.5. The summed E-state index contributed by atoms with van der Waals surface area (Å²) in [7, 11) is 0. The molecule has 3 nitrogen and oxygen atoms in total. The first-order valence-electron chi connectivity index (χ1n) is 8.13. The second kappa shape index (κ2) is 8.09. The summed E-state index contributed by atoms with van der Waals surface area (Å²) in [6.45, 7) is 1.73. The maximum atomic E-state index is 13.8. The van der Waals surface area contributed by atoms with Gasteiger partial charge in [0.25, 0.3) is 5.24 Å². The second-order valence-electron chi connectivity index (χ2n) is 6.08. The number of nitrogens with one attached hydrogen (secondary N) is 1. The molecule has 0 radical (unpaired) electrons. The van der Waals surface area contributed by atoms with Gasteiger partial charge in [0.05, 0.1) is 10.7 Å². The van der Waals surface area contributed by atoms with Crippen LogP contribution in [0.4, 0.5) is 20.2 Å². The molecule has 3 rings (SSSR count). The van der Waals surface area contributed by atoms with Gasteiger partial charge in [0.1, 0.15) is 11.6 Å². The van der Waals surface area contributed by atoms with Gasteiger partial charge in [-0.1, -0.05) is 17.7 Å². The van der Waals surface area contributed by atoms with Gasteiger partial charge in [0.2, 0.25) is 0 Å². The van der Waals surface area contributed by atoms with E-state index in [1.165, 1.54) is 30.3 Å². The van der Waals surface area contributed by atoms with E-state index in [1.807, 2.05) is 0 Å². The molecular weight excluding hydrogens is 407 g/mol. The van der Waals surface area contributed by atoms with E-state index in [0.717, 1.165) is 12.1 Å². The molecule has 7 heteroatoms. The molecule has 0 aliphatic heterocycles. The van der Waals surface area contributed by atoms with Gasteiger partial charge in [-0.15, -0.1) is 0 Å². The Bertz CT molecular complexity index is 1100. The number of hydrogen-bond donors (Lipinski definition) is 1. The van der Waals surface area contributed by atoms with Gasteiger partial charge < -0.3 is 5.32 Å². The van der Waals surface area contributed by atoms with Gasteiger partial charge >= 0.3 is 0 Å². The van der Waals surface area contributed by atoms with Crippen molar-refractivity contribution in [2.75, 3.05) is 5.32 Å². The van der Waals surface area contributed by atoms with Crippen molar-refractivity contribution < 1.29 is 18.4 Å². The summed E-state index contributed by atoms with van der Waals surface area (Å²) in [5.41, 5.74) is 1.89. The van der Waals surface area contributed by atoms with Crippen LogP contribution in [-0.4, -0.2) is 11.0 Å². The Balaban J connectivity index is 1.91. The molecule has 1 N–H and O–H groups in total. The quantitative estimate of drug-likeness (QED) is 0.390. The number of ketones is 1. The second-order valence-corrected chi connectivity index (χ2v) is 6.83. The first kappa shape index (κ1) is 20.0. The lowest BCUT2D eigenvalue weighted by molar-refractivity contribution is 0.103. The van der Waals surface area contributed by atoms with Gasteiger partial charge in [-0.2, -0.15) is 0 Å². The standard InChI is InChI=1S/C21H13Cl2F2NO2/c1-11-2-3-12(21(23)28)8-16(11)20(27)15-6-5-14(10-17(15)22)26-19-7-4-13(24)9-18(19)25/h2-10,26H,1H3. The van der Waals surface area contributed by atoms with Crippen LogP contribution in [0.25, 0.3) is 0 Å². The lowest BCUT2D eigenvalue weighted by atomic mass is 9.97. The van der Waals surface area contributed by atoms with Crippen LogP contribution in [0.15, 0.2) is 54.6 Å². The molecule has 0 aliphatic rings. The largest absolute Gasteiger partial charge is 0.353 e. The summed E-state index contributed by atoms with van der Waals surface area (Å²) in [6, 6.07) is 12.2. The Hall–Kier alpha value is -2.76. The molecule has 0 atom stereocenters. The van der Waals surface area contributed by atoms with Crippen molar-refractivity contribution in [3.05, 3.63) is 93.5 Å². The first-order chi connectivity index (χ1) is 13.3. The maximum absolute atomic E-state index is 13.8. The highest BCUT2D eigenvalue weighted by Gasteiger charge is 2.17. The summed E-state index contributed by atoms with van der Waals surface area (Å²) in [5.74, 6) is -1.81. The van der Waals surface area contributed by atoms with Crippen molar-refractivity contribution in [1.29, 1.82) is 0 Å². The number of hydrogen-bond acceptors (Lipinski definition) is 3. The Morgan fingerprint density at radius 3 is 2.32 bits per heavy atom. The highest BCUT2D eigenvalue weighted by atomic mass is 35.5. The Morgan fingerprint density at radius 2 is 1.68 bits per heavy atom. The molecule has 142 valence electrons. The van der Waals surface area contributed by atoms with Crippen molar-refractivity contribution in [2.24, 2.45) is 0 Å². The van der Waals surface area contributed by atoms with Crippen LogP contribution in [0.3, 0.4) is 0 Å². The van der Waals surface area contributed by atoms with Crippen LogP contribution in [0.1, 0.15) is 31.8 Å². The molecular formula is C21H13Cl2F2NO2. The van der Waals surface area contributed by atoms with Crippen LogP contribution in [-0.2, 0) is 0 Å². The van der Waals surface area contributed by atoms with E-state index in [1.54, 1.807) is 19.1 Å². The van der Waals surface area contributed by atoms with Gasteiger partial charge in [-0.3, -0.25) is 9.59 Å². The topological polar surface area (TPSA) is 46.2 Å². The molecule has 0 aromatic heterocycles. The van der Waals surface area contributed by atoms with Crippen molar-refractivity contribution in [1.82, 2.24) is 0 Å². The molecule has 0 unspecified atom stereocenters. The average Bonchev–Trinajstić information content (AvgIpc) is 2.64. The lowest BCUT2D eigenvalue weighted by Gasteiger charge is -2.11. The Morgan fingerprint density at radius 1 is 0.929 bits per heavy atom. The van der Waals surface area contributed by atoms with E-state index in [2.05, 4.69) is 5.32 Å². The number of aryl methyl sites for hydroxylation is 1. The van der Waals surface area contributed by atoms with Gasteiger partial charge in [-0.05, 0) is 66.6 Å². The number of anilines is 2. The zero-order valence-corrected chi connectivity index (χ0v) is 16.0. The monoisotopic (exact) mass is 419 g/mol. The van der Waals surface area contributed by atoms with Crippen LogP contribution >= 0.6 is 23.2 Å². The predicted molar refractivity (Wildman–Crippen MR) is 106 cm³/mol. The van der Waals surface area contributed by atoms with Crippen LogP contribution in [0.2, 0.25) is 5.02 Å². The van der Waals surface area contributed by atoms with E-state index >= 15 is 0 Å². The molecule has 0 fully saturated rings. The van der Waals surface area contributed by atoms with Crippen molar-refractivity contribution in [2.45, 2.75) is 6.92 Å². The maximum Gasteiger partial charge on any atom is 0.252 e. The third-order valence-corrected chi connectivity index (χ3v) is 4.66. The fourth-order valence-electron chi connectivity index (χ4n) is 2.66. The van der Waals surface area contributed by atoms with Crippen LogP contribution in [0, 0.1) is 18.6 Å². The summed E-state index contributed by atoms with van der Waals surface area (Å²) < 4.78 is 26.8. The summed E-state index contributed by atoms with van der Waals surface area (Å²) in [6.07, 6.45) is 0. The first-order valence-corrected chi connectivity index (χ1v) is 8.88. The Kier molecular flexibility index (Phi) is 5.77. The molecule has 0 aliphatic carbocycles. The summed E-state index contributed by atoms with van der Waals surface area (Å²) >= 11 is 11.7. The molecule has 0 saturated heterocycles. The van der Waals surface area contributed by atoms with Gasteiger partial charge in [0, 0.05) is 28.4 Å². The van der Waals surface area contributed by atoms with E-state index in [-0.39, 0.29) is 27.6 Å². The van der Waals surface area contributed by atoms with Crippen LogP contribution < -0.4 is 5.32 Å². The lowest BCUT2D eigenvalue weighted by Crippen LogP contribution is -2.06. The molecule has 0 saturated carbocycles. The van der Waals surface area contributed by atoms with Crippen LogP contribution in [0.5, 0.6) is 0 Å². The number of carbonyl (C=O) groups is 2. The average molecular weight is 420 g/mol. The zero-order chi connectivity index (χ0) is 20.4. The summed E-state index contributed by atoms with van der Waals surface area (Å²) in [5, 5.41) is 2.25. The Labute approximate surface area is 169 Å². The van der Waals surface area contributed by atoms with E-state index in [0.29, 0.717) is 16.8 Å². The third kappa shape index (κ3) is 4.21.